The molecule has 2 rings (SSSR count). The highest BCUT2D eigenvalue weighted by atomic mass is 35.5. The molecule has 0 aromatic heterocycles. The maximum Gasteiger partial charge on any atom is 0.251 e. The number of sulfonamides is 1. The molecule has 0 heterocycles. The van der Waals surface area contributed by atoms with E-state index in [0.29, 0.717) is 10.6 Å². The fourth-order valence-electron chi connectivity index (χ4n) is 2.10. The molecule has 7 heteroatoms. The van der Waals surface area contributed by atoms with Crippen molar-refractivity contribution >= 4 is 33.6 Å². The smallest absolute Gasteiger partial charge is 0.251 e. The lowest BCUT2D eigenvalue weighted by molar-refractivity contribution is 0.0963. The van der Waals surface area contributed by atoms with Gasteiger partial charge in [0.15, 0.2) is 0 Å². The van der Waals surface area contributed by atoms with E-state index in [2.05, 4.69) is 5.32 Å². The standard InChI is InChI=1S/C18H19ClN2O3S/c1-20-18(22)16-7-3-15(4-8-16)13-21(2)25(23,24)12-11-14-5-9-17(19)10-6-14/h3-12H,13H2,1-2H3,(H,20,22)/b12-11+. The van der Waals surface area contributed by atoms with E-state index in [-0.39, 0.29) is 12.5 Å². The predicted molar refractivity (Wildman–Crippen MR) is 101 cm³/mol. The summed E-state index contributed by atoms with van der Waals surface area (Å²) in [5, 5.41) is 4.30. The van der Waals surface area contributed by atoms with Gasteiger partial charge in [0.05, 0.1) is 0 Å². The van der Waals surface area contributed by atoms with Gasteiger partial charge >= 0.3 is 0 Å². The third-order valence-electron chi connectivity index (χ3n) is 3.59. The second-order valence-corrected chi connectivity index (χ2v) is 7.79. The molecule has 2 aromatic rings. The van der Waals surface area contributed by atoms with Crippen LogP contribution in [0.5, 0.6) is 0 Å². The van der Waals surface area contributed by atoms with E-state index in [4.69, 9.17) is 11.6 Å². The first-order valence-electron chi connectivity index (χ1n) is 7.53. The quantitative estimate of drug-likeness (QED) is 0.839. The Labute approximate surface area is 153 Å². The second-order valence-electron chi connectivity index (χ2n) is 5.43. The zero-order valence-electron chi connectivity index (χ0n) is 13.9. The molecule has 0 saturated carbocycles. The highest BCUT2D eigenvalue weighted by Crippen LogP contribution is 2.14. The molecule has 0 spiro atoms. The number of carbonyl (C=O) groups excluding carboxylic acids is 1. The lowest BCUT2D eigenvalue weighted by atomic mass is 10.1. The molecule has 5 nitrogen and oxygen atoms in total. The third kappa shape index (κ3) is 5.42. The van der Waals surface area contributed by atoms with Gasteiger partial charge in [0.2, 0.25) is 10.0 Å². The number of amides is 1. The summed E-state index contributed by atoms with van der Waals surface area (Å²) in [7, 11) is -0.490. The monoisotopic (exact) mass is 378 g/mol. The van der Waals surface area contributed by atoms with E-state index in [0.717, 1.165) is 16.5 Å². The molecule has 0 atom stereocenters. The predicted octanol–water partition coefficient (Wildman–Crippen LogP) is 3.13. The molecule has 0 aliphatic carbocycles. The van der Waals surface area contributed by atoms with Crippen LogP contribution < -0.4 is 5.32 Å². The van der Waals surface area contributed by atoms with Crippen molar-refractivity contribution in [1.82, 2.24) is 9.62 Å². The Kier molecular flexibility index (Phi) is 6.36. The van der Waals surface area contributed by atoms with Gasteiger partial charge in [0.1, 0.15) is 0 Å². The van der Waals surface area contributed by atoms with Gasteiger partial charge in [0, 0.05) is 36.6 Å². The molecule has 1 amide bonds. The zero-order chi connectivity index (χ0) is 18.4. The van der Waals surface area contributed by atoms with Crippen LogP contribution in [0.4, 0.5) is 0 Å². The van der Waals surface area contributed by atoms with Crippen LogP contribution in [0, 0.1) is 0 Å². The molecule has 25 heavy (non-hydrogen) atoms. The first-order valence-corrected chi connectivity index (χ1v) is 9.41. The molecule has 2 aromatic carbocycles. The summed E-state index contributed by atoms with van der Waals surface area (Å²) >= 11 is 5.81. The van der Waals surface area contributed by atoms with Crippen LogP contribution in [-0.4, -0.2) is 32.7 Å². The minimum Gasteiger partial charge on any atom is -0.355 e. The molecule has 0 fully saturated rings. The average Bonchev–Trinajstić information content (AvgIpc) is 2.61. The number of hydrogen-bond donors (Lipinski definition) is 1. The molecule has 0 aliphatic rings. The van der Waals surface area contributed by atoms with E-state index < -0.39 is 10.0 Å². The van der Waals surface area contributed by atoms with Crippen LogP contribution in [0.25, 0.3) is 6.08 Å². The van der Waals surface area contributed by atoms with Crippen molar-refractivity contribution < 1.29 is 13.2 Å². The summed E-state index contributed by atoms with van der Waals surface area (Å²) in [6, 6.07) is 13.7. The van der Waals surface area contributed by atoms with Gasteiger partial charge in [-0.25, -0.2) is 8.42 Å². The fraction of sp³-hybridized carbons (Fsp3) is 0.167. The summed E-state index contributed by atoms with van der Waals surface area (Å²) < 4.78 is 25.9. The Morgan fingerprint density at radius 3 is 2.28 bits per heavy atom. The van der Waals surface area contributed by atoms with Crippen molar-refractivity contribution in [1.29, 1.82) is 0 Å². The second kappa shape index (κ2) is 8.29. The number of carbonyl (C=O) groups is 1. The minimum absolute atomic E-state index is 0.182. The third-order valence-corrected chi connectivity index (χ3v) is 5.32. The van der Waals surface area contributed by atoms with Gasteiger partial charge in [-0.2, -0.15) is 4.31 Å². The van der Waals surface area contributed by atoms with Crippen molar-refractivity contribution in [2.75, 3.05) is 14.1 Å². The Morgan fingerprint density at radius 2 is 1.72 bits per heavy atom. The van der Waals surface area contributed by atoms with Gasteiger partial charge in [-0.05, 0) is 41.5 Å². The summed E-state index contributed by atoms with van der Waals surface area (Å²) in [4.78, 5) is 11.5. The van der Waals surface area contributed by atoms with Crippen molar-refractivity contribution in [2.24, 2.45) is 0 Å². The Balaban J connectivity index is 2.06. The van der Waals surface area contributed by atoms with Crippen molar-refractivity contribution in [3.63, 3.8) is 0 Å². The number of hydrogen-bond acceptors (Lipinski definition) is 3. The van der Waals surface area contributed by atoms with Gasteiger partial charge < -0.3 is 5.32 Å². The van der Waals surface area contributed by atoms with Crippen molar-refractivity contribution in [3.8, 4) is 0 Å². The SMILES string of the molecule is CNC(=O)c1ccc(CN(C)S(=O)(=O)/C=C/c2ccc(Cl)cc2)cc1. The molecular formula is C18H19ClN2O3S. The molecule has 0 saturated heterocycles. The normalized spacial score (nSPS) is 11.8. The van der Waals surface area contributed by atoms with E-state index >= 15 is 0 Å². The Morgan fingerprint density at radius 1 is 1.12 bits per heavy atom. The van der Waals surface area contributed by atoms with Crippen LogP contribution in [0.1, 0.15) is 21.5 Å². The van der Waals surface area contributed by atoms with Gasteiger partial charge in [-0.3, -0.25) is 4.79 Å². The number of nitrogens with zero attached hydrogens (tertiary/aromatic N) is 1. The largest absolute Gasteiger partial charge is 0.355 e. The number of nitrogens with one attached hydrogen (secondary N) is 1. The van der Waals surface area contributed by atoms with Crippen LogP contribution in [0.15, 0.2) is 53.9 Å². The fourth-order valence-corrected chi connectivity index (χ4v) is 3.09. The van der Waals surface area contributed by atoms with E-state index in [1.165, 1.54) is 17.4 Å². The van der Waals surface area contributed by atoms with Crippen LogP contribution in [0.3, 0.4) is 0 Å². The number of rotatable bonds is 6. The van der Waals surface area contributed by atoms with E-state index in [9.17, 15) is 13.2 Å². The summed E-state index contributed by atoms with van der Waals surface area (Å²) in [5.74, 6) is -0.182. The first kappa shape index (κ1) is 19.2. The van der Waals surface area contributed by atoms with Crippen LogP contribution in [0.2, 0.25) is 5.02 Å². The first-order chi connectivity index (χ1) is 11.8. The van der Waals surface area contributed by atoms with Crippen LogP contribution >= 0.6 is 11.6 Å². The van der Waals surface area contributed by atoms with E-state index in [1.807, 2.05) is 0 Å². The van der Waals surface area contributed by atoms with Crippen molar-refractivity contribution in [3.05, 3.63) is 75.7 Å². The Hall–Kier alpha value is -2.15. The maximum absolute atomic E-state index is 12.3. The van der Waals surface area contributed by atoms with Crippen molar-refractivity contribution in [2.45, 2.75) is 6.54 Å². The lowest BCUT2D eigenvalue weighted by Gasteiger charge is -2.15. The molecule has 0 unspecified atom stereocenters. The zero-order valence-corrected chi connectivity index (χ0v) is 15.5. The molecule has 0 bridgehead atoms. The summed E-state index contributed by atoms with van der Waals surface area (Å²) in [6.07, 6.45) is 1.52. The lowest BCUT2D eigenvalue weighted by Crippen LogP contribution is -2.24. The molecule has 0 radical (unpaired) electrons. The van der Waals surface area contributed by atoms with Gasteiger partial charge in [0.25, 0.3) is 5.91 Å². The maximum atomic E-state index is 12.3. The molecule has 1 N–H and O–H groups in total. The molecule has 0 aliphatic heterocycles. The highest BCUT2D eigenvalue weighted by molar-refractivity contribution is 7.92. The number of benzene rings is 2. The van der Waals surface area contributed by atoms with E-state index in [1.54, 1.807) is 55.6 Å². The highest BCUT2D eigenvalue weighted by Gasteiger charge is 2.14. The average molecular weight is 379 g/mol. The number of halogens is 1. The molecular weight excluding hydrogens is 360 g/mol. The van der Waals surface area contributed by atoms with Gasteiger partial charge in [-0.15, -0.1) is 0 Å². The summed E-state index contributed by atoms with van der Waals surface area (Å²) in [6.45, 7) is 0.210. The molecule has 132 valence electrons. The van der Waals surface area contributed by atoms with Gasteiger partial charge in [-0.1, -0.05) is 35.9 Å². The Bertz CT molecular complexity index is 860. The van der Waals surface area contributed by atoms with Crippen LogP contribution in [-0.2, 0) is 16.6 Å². The topological polar surface area (TPSA) is 66.5 Å². The summed E-state index contributed by atoms with van der Waals surface area (Å²) in [5.41, 5.74) is 2.06. The minimum atomic E-state index is -3.56.